The van der Waals surface area contributed by atoms with Gasteiger partial charge in [0.2, 0.25) is 0 Å². The summed E-state index contributed by atoms with van der Waals surface area (Å²) in [7, 11) is 0. The average Bonchev–Trinajstić information content (AvgIpc) is 2.75. The summed E-state index contributed by atoms with van der Waals surface area (Å²) in [6.45, 7) is 2.01. The van der Waals surface area contributed by atoms with Crippen LogP contribution in [0, 0.1) is 45.3 Å². The minimum atomic E-state index is -0.517. The fraction of sp³-hybridized carbons (Fsp3) is 0.636. The molecule has 1 saturated carbocycles. The second kappa shape index (κ2) is 4.25. The van der Waals surface area contributed by atoms with Crippen LogP contribution in [0.3, 0.4) is 0 Å². The standard InChI is InChI=1S/C11H17N5/c12-2-6(3-13)9(14)1-10(15)11-7-4-16-5-8(7)11/h2-3,6-8,11-16H,1,4-5H2. The molecule has 1 saturated heterocycles. The molecule has 5 N–H and O–H groups in total. The van der Waals surface area contributed by atoms with Crippen LogP contribution < -0.4 is 5.32 Å². The van der Waals surface area contributed by atoms with Gasteiger partial charge in [-0.3, -0.25) is 0 Å². The molecule has 5 heteroatoms. The van der Waals surface area contributed by atoms with Crippen molar-refractivity contribution in [3.8, 4) is 0 Å². The number of nitrogens with one attached hydrogen (secondary N) is 5. The van der Waals surface area contributed by atoms with Crippen LogP contribution in [0.5, 0.6) is 0 Å². The van der Waals surface area contributed by atoms with E-state index >= 15 is 0 Å². The van der Waals surface area contributed by atoms with Crippen molar-refractivity contribution in [2.24, 2.45) is 23.7 Å². The van der Waals surface area contributed by atoms with Gasteiger partial charge < -0.3 is 27.0 Å². The Balaban J connectivity index is 1.86. The molecule has 2 fully saturated rings. The zero-order valence-corrected chi connectivity index (χ0v) is 9.09. The van der Waals surface area contributed by atoms with Crippen LogP contribution in [0.4, 0.5) is 0 Å². The van der Waals surface area contributed by atoms with E-state index in [2.05, 4.69) is 5.32 Å². The lowest BCUT2D eigenvalue weighted by atomic mass is 9.98. The van der Waals surface area contributed by atoms with Crippen molar-refractivity contribution >= 4 is 23.9 Å². The van der Waals surface area contributed by atoms with E-state index in [0.29, 0.717) is 35.6 Å². The Kier molecular flexibility index (Phi) is 2.96. The molecule has 5 nitrogen and oxygen atoms in total. The fourth-order valence-corrected chi connectivity index (χ4v) is 2.63. The molecule has 1 aliphatic carbocycles. The Labute approximate surface area is 94.7 Å². The predicted octanol–water partition coefficient (Wildman–Crippen LogP) is 0.797. The van der Waals surface area contributed by atoms with Gasteiger partial charge in [-0.05, 0) is 24.9 Å². The van der Waals surface area contributed by atoms with E-state index in [9.17, 15) is 0 Å². The molecule has 2 unspecified atom stereocenters. The zero-order chi connectivity index (χ0) is 11.7. The van der Waals surface area contributed by atoms with E-state index in [1.807, 2.05) is 0 Å². The maximum atomic E-state index is 7.96. The third kappa shape index (κ3) is 1.82. The van der Waals surface area contributed by atoms with Crippen molar-refractivity contribution in [2.75, 3.05) is 13.1 Å². The SMILES string of the molecule is N=CC(C=N)C(=N)CC(=N)C1C2CNCC21. The fourth-order valence-electron chi connectivity index (χ4n) is 2.63. The Hall–Kier alpha value is -1.36. The number of rotatable bonds is 6. The lowest BCUT2D eigenvalue weighted by Crippen LogP contribution is -2.23. The van der Waals surface area contributed by atoms with Crippen LogP contribution in [0.15, 0.2) is 0 Å². The molecule has 1 heterocycles. The molecular formula is C11H17N5. The van der Waals surface area contributed by atoms with E-state index in [4.69, 9.17) is 21.6 Å². The van der Waals surface area contributed by atoms with E-state index in [1.54, 1.807) is 0 Å². The predicted molar refractivity (Wildman–Crippen MR) is 64.5 cm³/mol. The highest BCUT2D eigenvalue weighted by atomic mass is 15.0. The van der Waals surface area contributed by atoms with Gasteiger partial charge >= 0.3 is 0 Å². The van der Waals surface area contributed by atoms with Crippen LogP contribution in [0.25, 0.3) is 0 Å². The van der Waals surface area contributed by atoms with E-state index < -0.39 is 5.92 Å². The van der Waals surface area contributed by atoms with Gasteiger partial charge in [-0.25, -0.2) is 0 Å². The molecule has 0 spiro atoms. The molecule has 0 bridgehead atoms. The van der Waals surface area contributed by atoms with Crippen molar-refractivity contribution in [2.45, 2.75) is 6.42 Å². The lowest BCUT2D eigenvalue weighted by Gasteiger charge is -2.10. The van der Waals surface area contributed by atoms with Gasteiger partial charge in [-0.1, -0.05) is 0 Å². The summed E-state index contributed by atoms with van der Waals surface area (Å²) in [4.78, 5) is 0. The third-order valence-electron chi connectivity index (χ3n) is 3.64. The highest BCUT2D eigenvalue weighted by Gasteiger charge is 2.54. The maximum absolute atomic E-state index is 7.96. The summed E-state index contributed by atoms with van der Waals surface area (Å²) in [5.74, 6) is 1.06. The first-order valence-corrected chi connectivity index (χ1v) is 5.55. The lowest BCUT2D eigenvalue weighted by molar-refractivity contribution is 0.681. The number of fused-ring (bicyclic) bond motifs is 1. The quantitative estimate of drug-likeness (QED) is 0.418. The monoisotopic (exact) mass is 219 g/mol. The second-order valence-electron chi connectivity index (χ2n) is 4.60. The van der Waals surface area contributed by atoms with Crippen LogP contribution in [-0.4, -0.2) is 36.9 Å². The Morgan fingerprint density at radius 2 is 1.75 bits per heavy atom. The molecular weight excluding hydrogens is 202 g/mol. The molecule has 0 aromatic rings. The van der Waals surface area contributed by atoms with Gasteiger partial charge in [0, 0.05) is 36.2 Å². The van der Waals surface area contributed by atoms with E-state index in [-0.39, 0.29) is 0 Å². The first-order valence-electron chi connectivity index (χ1n) is 5.55. The summed E-state index contributed by atoms with van der Waals surface area (Å²) in [5, 5.41) is 33.2. The van der Waals surface area contributed by atoms with Crippen LogP contribution >= 0.6 is 0 Å². The molecule has 2 aliphatic rings. The number of hydrogen-bond donors (Lipinski definition) is 5. The molecule has 0 aromatic heterocycles. The van der Waals surface area contributed by atoms with Crippen LogP contribution in [0.2, 0.25) is 0 Å². The van der Waals surface area contributed by atoms with Gasteiger partial charge in [-0.15, -0.1) is 0 Å². The maximum Gasteiger partial charge on any atom is 0.0663 e. The minimum Gasteiger partial charge on any atom is -0.316 e. The summed E-state index contributed by atoms with van der Waals surface area (Å²) >= 11 is 0. The van der Waals surface area contributed by atoms with Crippen molar-refractivity contribution in [3.63, 3.8) is 0 Å². The van der Waals surface area contributed by atoms with Crippen molar-refractivity contribution in [1.29, 1.82) is 21.6 Å². The molecule has 86 valence electrons. The Morgan fingerprint density at radius 3 is 2.25 bits per heavy atom. The van der Waals surface area contributed by atoms with Crippen molar-refractivity contribution < 1.29 is 0 Å². The smallest absolute Gasteiger partial charge is 0.0663 e. The van der Waals surface area contributed by atoms with Crippen molar-refractivity contribution in [1.82, 2.24) is 5.32 Å². The summed E-state index contributed by atoms with van der Waals surface area (Å²) < 4.78 is 0. The first-order chi connectivity index (χ1) is 7.69. The second-order valence-corrected chi connectivity index (χ2v) is 4.60. The normalized spacial score (nSPS) is 32.6. The Bertz CT molecular complexity index is 330. The van der Waals surface area contributed by atoms with Crippen LogP contribution in [0.1, 0.15) is 6.42 Å². The zero-order valence-electron chi connectivity index (χ0n) is 9.09. The third-order valence-corrected chi connectivity index (χ3v) is 3.64. The molecule has 16 heavy (non-hydrogen) atoms. The average molecular weight is 219 g/mol. The van der Waals surface area contributed by atoms with Gasteiger partial charge in [0.15, 0.2) is 0 Å². The summed E-state index contributed by atoms with van der Waals surface area (Å²) in [6.07, 6.45) is 2.52. The van der Waals surface area contributed by atoms with Gasteiger partial charge in [0.05, 0.1) is 5.92 Å². The number of piperidine rings is 1. The van der Waals surface area contributed by atoms with Gasteiger partial charge in [-0.2, -0.15) is 0 Å². The highest BCUT2D eigenvalue weighted by Crippen LogP contribution is 2.49. The Morgan fingerprint density at radius 1 is 1.19 bits per heavy atom. The first kappa shape index (κ1) is 11.1. The molecule has 0 radical (unpaired) electrons. The molecule has 2 atom stereocenters. The molecule has 1 aliphatic heterocycles. The summed E-state index contributed by atoms with van der Waals surface area (Å²) in [6, 6.07) is 0. The van der Waals surface area contributed by atoms with E-state index in [1.165, 1.54) is 0 Å². The van der Waals surface area contributed by atoms with Gasteiger partial charge in [0.1, 0.15) is 0 Å². The largest absolute Gasteiger partial charge is 0.316 e. The van der Waals surface area contributed by atoms with E-state index in [0.717, 1.165) is 25.5 Å². The molecule has 2 rings (SSSR count). The molecule has 0 aromatic carbocycles. The van der Waals surface area contributed by atoms with Crippen molar-refractivity contribution in [3.05, 3.63) is 0 Å². The highest BCUT2D eigenvalue weighted by molar-refractivity contribution is 6.15. The summed E-state index contributed by atoms with van der Waals surface area (Å²) in [5.41, 5.74) is 0.920. The topological polar surface area (TPSA) is 107 Å². The van der Waals surface area contributed by atoms with Gasteiger partial charge in [0.25, 0.3) is 0 Å². The molecule has 0 amide bonds. The number of hydrogen-bond acceptors (Lipinski definition) is 5. The van der Waals surface area contributed by atoms with Crippen LogP contribution in [-0.2, 0) is 0 Å². The minimum absolute atomic E-state index is 0.299.